The Labute approximate surface area is 177 Å². The number of hydrogen-bond acceptors (Lipinski definition) is 3. The lowest BCUT2D eigenvalue weighted by Crippen LogP contribution is -2.41. The minimum absolute atomic E-state index is 0.0734. The van der Waals surface area contributed by atoms with Gasteiger partial charge in [-0.2, -0.15) is 0 Å². The lowest BCUT2D eigenvalue weighted by molar-refractivity contribution is -0.121. The summed E-state index contributed by atoms with van der Waals surface area (Å²) < 4.78 is 0. The highest BCUT2D eigenvalue weighted by atomic mass is 16.2. The largest absolute Gasteiger partial charge is 0.346 e. The van der Waals surface area contributed by atoms with E-state index in [2.05, 4.69) is 10.6 Å². The average Bonchev–Trinajstić information content (AvgIpc) is 2.78. The van der Waals surface area contributed by atoms with Crippen molar-refractivity contribution in [3.8, 4) is 11.1 Å². The van der Waals surface area contributed by atoms with E-state index in [9.17, 15) is 9.59 Å². The molecule has 0 heterocycles. The van der Waals surface area contributed by atoms with E-state index in [0.29, 0.717) is 12.1 Å². The van der Waals surface area contributed by atoms with Gasteiger partial charge in [-0.05, 0) is 42.9 Å². The highest BCUT2D eigenvalue weighted by Crippen LogP contribution is 2.19. The second-order valence-corrected chi connectivity index (χ2v) is 7.42. The van der Waals surface area contributed by atoms with Crippen LogP contribution in [0.1, 0.15) is 22.0 Å². The highest BCUT2D eigenvalue weighted by molar-refractivity contribution is 5.96. The van der Waals surface area contributed by atoms with Gasteiger partial charge in [-0.25, -0.2) is 0 Å². The first kappa shape index (κ1) is 21.3. The van der Waals surface area contributed by atoms with E-state index in [-0.39, 0.29) is 24.4 Å². The van der Waals surface area contributed by atoms with Crippen molar-refractivity contribution in [2.24, 2.45) is 0 Å². The third-order valence-electron chi connectivity index (χ3n) is 4.75. The van der Waals surface area contributed by atoms with Crippen LogP contribution in [-0.2, 0) is 4.79 Å². The number of carbonyl (C=O) groups is 2. The molecular weight excluding hydrogens is 374 g/mol. The van der Waals surface area contributed by atoms with Gasteiger partial charge in [0.25, 0.3) is 5.91 Å². The molecule has 5 nitrogen and oxygen atoms in total. The molecule has 3 aromatic rings. The van der Waals surface area contributed by atoms with Crippen molar-refractivity contribution in [1.82, 2.24) is 15.5 Å². The van der Waals surface area contributed by atoms with Gasteiger partial charge in [-0.15, -0.1) is 0 Å². The van der Waals surface area contributed by atoms with Crippen LogP contribution in [-0.4, -0.2) is 43.9 Å². The summed E-state index contributed by atoms with van der Waals surface area (Å²) in [5.74, 6) is -0.492. The second-order valence-electron chi connectivity index (χ2n) is 7.42. The van der Waals surface area contributed by atoms with Gasteiger partial charge < -0.3 is 15.5 Å². The van der Waals surface area contributed by atoms with E-state index in [4.69, 9.17) is 0 Å². The maximum Gasteiger partial charge on any atom is 0.251 e. The van der Waals surface area contributed by atoms with Crippen molar-refractivity contribution < 1.29 is 9.59 Å². The third kappa shape index (κ3) is 6.03. The first-order valence-corrected chi connectivity index (χ1v) is 9.95. The Bertz CT molecular complexity index is 955. The van der Waals surface area contributed by atoms with Crippen molar-refractivity contribution in [3.63, 3.8) is 0 Å². The molecule has 30 heavy (non-hydrogen) atoms. The van der Waals surface area contributed by atoms with Crippen molar-refractivity contribution in [3.05, 3.63) is 96.1 Å². The molecule has 0 fully saturated rings. The molecule has 3 rings (SSSR count). The van der Waals surface area contributed by atoms with Crippen LogP contribution in [0.15, 0.2) is 84.9 Å². The van der Waals surface area contributed by atoms with Crippen molar-refractivity contribution in [2.45, 2.75) is 6.04 Å². The lowest BCUT2D eigenvalue weighted by Gasteiger charge is -2.23. The van der Waals surface area contributed by atoms with E-state index >= 15 is 0 Å². The zero-order chi connectivity index (χ0) is 21.3. The lowest BCUT2D eigenvalue weighted by atomic mass is 10.0. The molecule has 1 unspecified atom stereocenters. The van der Waals surface area contributed by atoms with Gasteiger partial charge in [0, 0.05) is 12.1 Å². The van der Waals surface area contributed by atoms with Gasteiger partial charge in [-0.1, -0.05) is 72.8 Å². The molecule has 0 saturated heterocycles. The van der Waals surface area contributed by atoms with Crippen LogP contribution in [0.5, 0.6) is 0 Å². The minimum Gasteiger partial charge on any atom is -0.346 e. The fraction of sp³-hybridized carbons (Fsp3) is 0.200. The van der Waals surface area contributed by atoms with Crippen LogP contribution in [0.2, 0.25) is 0 Å². The first-order chi connectivity index (χ1) is 14.5. The minimum atomic E-state index is -0.270. The average molecular weight is 402 g/mol. The molecule has 1 atom stereocenters. The molecule has 5 heteroatoms. The van der Waals surface area contributed by atoms with Crippen LogP contribution in [0, 0.1) is 0 Å². The third-order valence-corrected chi connectivity index (χ3v) is 4.75. The SMILES string of the molecule is CN(C)CC(NC(=O)CNC(=O)c1ccc(-c2ccccc2)cc1)c1ccccc1. The topological polar surface area (TPSA) is 61.4 Å². The van der Waals surface area contributed by atoms with E-state index in [1.807, 2.05) is 91.8 Å². The number of nitrogens with one attached hydrogen (secondary N) is 2. The molecule has 0 aliphatic rings. The smallest absolute Gasteiger partial charge is 0.251 e. The molecule has 0 spiro atoms. The van der Waals surface area contributed by atoms with Gasteiger partial charge in [0.15, 0.2) is 0 Å². The fourth-order valence-electron chi connectivity index (χ4n) is 3.24. The summed E-state index contributed by atoms with van der Waals surface area (Å²) in [5, 5.41) is 5.71. The van der Waals surface area contributed by atoms with Crippen LogP contribution in [0.4, 0.5) is 0 Å². The summed E-state index contributed by atoms with van der Waals surface area (Å²) in [6, 6.07) is 27.0. The summed E-state index contributed by atoms with van der Waals surface area (Å²) in [6.07, 6.45) is 0. The zero-order valence-corrected chi connectivity index (χ0v) is 17.3. The molecule has 2 N–H and O–H groups in total. The van der Waals surface area contributed by atoms with Gasteiger partial charge in [0.2, 0.25) is 5.91 Å². The van der Waals surface area contributed by atoms with Crippen molar-refractivity contribution >= 4 is 11.8 Å². The summed E-state index contributed by atoms with van der Waals surface area (Å²) in [4.78, 5) is 26.9. The van der Waals surface area contributed by atoms with Gasteiger partial charge >= 0.3 is 0 Å². The number of benzene rings is 3. The maximum atomic E-state index is 12.4. The Morgan fingerprint density at radius 3 is 1.97 bits per heavy atom. The number of likely N-dealkylation sites (N-methyl/N-ethyl adjacent to an activating group) is 1. The van der Waals surface area contributed by atoms with E-state index in [0.717, 1.165) is 16.7 Å². The first-order valence-electron chi connectivity index (χ1n) is 9.95. The van der Waals surface area contributed by atoms with Gasteiger partial charge in [-0.3, -0.25) is 9.59 Å². The van der Waals surface area contributed by atoms with E-state index < -0.39 is 0 Å². The van der Waals surface area contributed by atoms with Gasteiger partial charge in [0.1, 0.15) is 0 Å². The van der Waals surface area contributed by atoms with E-state index in [1.54, 1.807) is 12.1 Å². The fourth-order valence-corrected chi connectivity index (χ4v) is 3.24. The predicted molar refractivity (Wildman–Crippen MR) is 120 cm³/mol. The number of rotatable bonds is 8. The van der Waals surface area contributed by atoms with Crippen molar-refractivity contribution in [1.29, 1.82) is 0 Å². The second kappa shape index (κ2) is 10.4. The molecule has 0 aromatic heterocycles. The summed E-state index contributed by atoms with van der Waals surface area (Å²) in [6.45, 7) is 0.598. The van der Waals surface area contributed by atoms with E-state index in [1.165, 1.54) is 0 Å². The Hall–Kier alpha value is -3.44. The van der Waals surface area contributed by atoms with Crippen LogP contribution < -0.4 is 10.6 Å². The molecule has 0 saturated carbocycles. The molecule has 0 radical (unpaired) electrons. The zero-order valence-electron chi connectivity index (χ0n) is 17.3. The quantitative estimate of drug-likeness (QED) is 0.607. The van der Waals surface area contributed by atoms with Crippen LogP contribution in [0.25, 0.3) is 11.1 Å². The monoisotopic (exact) mass is 401 g/mol. The van der Waals surface area contributed by atoms with Crippen LogP contribution >= 0.6 is 0 Å². The number of nitrogens with zero attached hydrogens (tertiary/aromatic N) is 1. The molecule has 2 amide bonds. The molecule has 0 aliphatic heterocycles. The Morgan fingerprint density at radius 2 is 1.37 bits per heavy atom. The summed E-state index contributed by atoms with van der Waals surface area (Å²) >= 11 is 0. The van der Waals surface area contributed by atoms with Crippen molar-refractivity contribution in [2.75, 3.05) is 27.2 Å². The number of hydrogen-bond donors (Lipinski definition) is 2. The molecule has 3 aromatic carbocycles. The Morgan fingerprint density at radius 1 is 0.800 bits per heavy atom. The number of amides is 2. The predicted octanol–water partition coefficient (Wildman–Crippen LogP) is 3.50. The normalized spacial score (nSPS) is 11.7. The molecule has 0 bridgehead atoms. The molecule has 154 valence electrons. The highest BCUT2D eigenvalue weighted by Gasteiger charge is 2.16. The molecule has 0 aliphatic carbocycles. The summed E-state index contributed by atoms with van der Waals surface area (Å²) in [5.41, 5.74) is 3.69. The Kier molecular flexibility index (Phi) is 7.35. The summed E-state index contributed by atoms with van der Waals surface area (Å²) in [7, 11) is 3.92. The maximum absolute atomic E-state index is 12.4. The standard InChI is InChI=1S/C25H27N3O2/c1-28(2)18-23(21-11-7-4-8-12-21)27-24(29)17-26-25(30)22-15-13-20(14-16-22)19-9-5-3-6-10-19/h3-16,23H,17-18H2,1-2H3,(H,26,30)(H,27,29). The van der Waals surface area contributed by atoms with Crippen LogP contribution in [0.3, 0.4) is 0 Å². The number of carbonyl (C=O) groups excluding carboxylic acids is 2. The van der Waals surface area contributed by atoms with Gasteiger partial charge in [0.05, 0.1) is 12.6 Å². The molecular formula is C25H27N3O2. The Balaban J connectivity index is 1.56.